The van der Waals surface area contributed by atoms with Gasteiger partial charge in [-0.3, -0.25) is 0 Å². The number of fused-ring (bicyclic) bond motifs is 1. The molecule has 0 unspecified atom stereocenters. The minimum atomic E-state index is -0.918. The van der Waals surface area contributed by atoms with E-state index in [9.17, 15) is 9.90 Å². The number of phenols is 1. The lowest BCUT2D eigenvalue weighted by atomic mass is 9.94. The number of hydrogen-bond acceptors (Lipinski definition) is 2. The fraction of sp³-hybridized carbons (Fsp3) is 0.214. The summed E-state index contributed by atoms with van der Waals surface area (Å²) in [5, 5.41) is 20.6. The molecule has 0 aliphatic rings. The molecule has 0 radical (unpaired) electrons. The van der Waals surface area contributed by atoms with Gasteiger partial charge in [-0.25, -0.2) is 4.79 Å². The summed E-state index contributed by atoms with van der Waals surface area (Å²) < 4.78 is 0. The van der Waals surface area contributed by atoms with E-state index in [1.54, 1.807) is 26.0 Å². The zero-order valence-corrected chi connectivity index (χ0v) is 10.0. The molecule has 0 saturated carbocycles. The van der Waals surface area contributed by atoms with Crippen LogP contribution < -0.4 is 0 Å². The van der Waals surface area contributed by atoms with Crippen LogP contribution in [0.25, 0.3) is 10.8 Å². The van der Waals surface area contributed by atoms with E-state index in [-0.39, 0.29) is 5.75 Å². The summed E-state index contributed by atoms with van der Waals surface area (Å²) in [6, 6.07) is 5.16. The molecule has 2 rings (SSSR count). The number of hydrogen-bond donors (Lipinski definition) is 2. The molecule has 0 fully saturated rings. The van der Waals surface area contributed by atoms with Crippen molar-refractivity contribution in [2.45, 2.75) is 20.8 Å². The van der Waals surface area contributed by atoms with Gasteiger partial charge in [0.2, 0.25) is 0 Å². The van der Waals surface area contributed by atoms with Crippen molar-refractivity contribution in [1.29, 1.82) is 0 Å². The fourth-order valence-electron chi connectivity index (χ4n) is 2.05. The number of phenolic OH excluding ortho intramolecular Hbond substituents is 1. The molecule has 0 bridgehead atoms. The molecule has 2 aromatic rings. The predicted octanol–water partition coefficient (Wildman–Crippen LogP) is 3.17. The van der Waals surface area contributed by atoms with Gasteiger partial charge in [-0.15, -0.1) is 0 Å². The second kappa shape index (κ2) is 3.77. The largest absolute Gasteiger partial charge is 0.508 e. The Kier molecular flexibility index (Phi) is 2.54. The highest BCUT2D eigenvalue weighted by Gasteiger charge is 2.13. The topological polar surface area (TPSA) is 57.5 Å². The highest BCUT2D eigenvalue weighted by Crippen LogP contribution is 2.30. The molecular formula is C14H14O3. The molecule has 0 aromatic heterocycles. The molecule has 2 aromatic carbocycles. The average Bonchev–Trinajstić information content (AvgIpc) is 2.26. The molecule has 0 aliphatic carbocycles. The van der Waals surface area contributed by atoms with Crippen molar-refractivity contribution in [1.82, 2.24) is 0 Å². The highest BCUT2D eigenvalue weighted by atomic mass is 16.4. The SMILES string of the molecule is Cc1cc2cc(C(=O)O)c(C)c(C)c2cc1O. The number of carboxylic acid groups (broad SMARTS) is 1. The van der Waals surface area contributed by atoms with Crippen LogP contribution >= 0.6 is 0 Å². The molecular weight excluding hydrogens is 216 g/mol. The van der Waals surface area contributed by atoms with E-state index in [4.69, 9.17) is 5.11 Å². The third-order valence-corrected chi connectivity index (χ3v) is 3.27. The summed E-state index contributed by atoms with van der Waals surface area (Å²) >= 11 is 0. The van der Waals surface area contributed by atoms with Crippen molar-refractivity contribution in [3.05, 3.63) is 40.5 Å². The van der Waals surface area contributed by atoms with Gasteiger partial charge in [0.05, 0.1) is 5.56 Å². The van der Waals surface area contributed by atoms with E-state index in [2.05, 4.69) is 0 Å². The second-order valence-electron chi connectivity index (χ2n) is 4.34. The monoisotopic (exact) mass is 230 g/mol. The minimum absolute atomic E-state index is 0.239. The Morgan fingerprint density at radius 3 is 2.29 bits per heavy atom. The lowest BCUT2D eigenvalue weighted by Gasteiger charge is -2.11. The van der Waals surface area contributed by atoms with Crippen molar-refractivity contribution < 1.29 is 15.0 Å². The molecule has 0 atom stereocenters. The normalized spacial score (nSPS) is 10.8. The van der Waals surface area contributed by atoms with E-state index in [1.807, 2.05) is 13.0 Å². The Labute approximate surface area is 99.3 Å². The zero-order chi connectivity index (χ0) is 12.7. The number of aromatic carboxylic acids is 1. The van der Waals surface area contributed by atoms with Crippen LogP contribution in [0.3, 0.4) is 0 Å². The third-order valence-electron chi connectivity index (χ3n) is 3.27. The Morgan fingerprint density at radius 2 is 1.71 bits per heavy atom. The lowest BCUT2D eigenvalue weighted by Crippen LogP contribution is -2.02. The van der Waals surface area contributed by atoms with Gasteiger partial charge in [-0.05, 0) is 66.4 Å². The highest BCUT2D eigenvalue weighted by molar-refractivity contribution is 5.98. The summed E-state index contributed by atoms with van der Waals surface area (Å²) in [4.78, 5) is 11.1. The Bertz CT molecular complexity index is 627. The van der Waals surface area contributed by atoms with Gasteiger partial charge >= 0.3 is 5.97 Å². The number of aromatic hydroxyl groups is 1. The van der Waals surface area contributed by atoms with E-state index in [0.717, 1.165) is 27.5 Å². The van der Waals surface area contributed by atoms with Crippen LogP contribution in [0.2, 0.25) is 0 Å². The first kappa shape index (κ1) is 11.5. The maximum absolute atomic E-state index is 11.1. The van der Waals surface area contributed by atoms with Crippen LogP contribution in [0.15, 0.2) is 18.2 Å². The molecule has 0 aliphatic heterocycles. The fourth-order valence-corrected chi connectivity index (χ4v) is 2.05. The van der Waals surface area contributed by atoms with Gasteiger partial charge in [-0.1, -0.05) is 0 Å². The van der Waals surface area contributed by atoms with Gasteiger partial charge in [0.15, 0.2) is 0 Å². The van der Waals surface area contributed by atoms with Crippen LogP contribution in [0.5, 0.6) is 5.75 Å². The standard InChI is InChI=1S/C14H14O3/c1-7-4-10-5-12(14(16)17)9(3)8(2)11(10)6-13(7)15/h4-6,15H,1-3H3,(H,16,17). The molecule has 0 saturated heterocycles. The van der Waals surface area contributed by atoms with Crippen LogP contribution in [0, 0.1) is 20.8 Å². The number of benzene rings is 2. The molecule has 2 N–H and O–H groups in total. The van der Waals surface area contributed by atoms with Crippen LogP contribution in [0.1, 0.15) is 27.0 Å². The van der Waals surface area contributed by atoms with Gasteiger partial charge < -0.3 is 10.2 Å². The molecule has 17 heavy (non-hydrogen) atoms. The maximum Gasteiger partial charge on any atom is 0.335 e. The average molecular weight is 230 g/mol. The van der Waals surface area contributed by atoms with Crippen molar-refractivity contribution in [3.63, 3.8) is 0 Å². The van der Waals surface area contributed by atoms with Crippen molar-refractivity contribution in [2.75, 3.05) is 0 Å². The van der Waals surface area contributed by atoms with Gasteiger partial charge in [0, 0.05) is 0 Å². The smallest absolute Gasteiger partial charge is 0.335 e. The first-order chi connectivity index (χ1) is 7.91. The number of carboxylic acids is 1. The summed E-state index contributed by atoms with van der Waals surface area (Å²) in [6.45, 7) is 5.46. The van der Waals surface area contributed by atoms with Gasteiger partial charge in [0.1, 0.15) is 5.75 Å². The van der Waals surface area contributed by atoms with E-state index in [1.165, 1.54) is 0 Å². The third kappa shape index (κ3) is 1.73. The van der Waals surface area contributed by atoms with E-state index in [0.29, 0.717) is 5.56 Å². The number of rotatable bonds is 1. The zero-order valence-electron chi connectivity index (χ0n) is 10.0. The summed E-state index contributed by atoms with van der Waals surface area (Å²) in [5.74, 6) is -0.679. The molecule has 3 nitrogen and oxygen atoms in total. The Hall–Kier alpha value is -2.03. The molecule has 0 heterocycles. The van der Waals surface area contributed by atoms with Crippen LogP contribution in [0.4, 0.5) is 0 Å². The van der Waals surface area contributed by atoms with E-state index >= 15 is 0 Å². The molecule has 0 spiro atoms. The van der Waals surface area contributed by atoms with Crippen molar-refractivity contribution >= 4 is 16.7 Å². The molecule has 0 amide bonds. The van der Waals surface area contributed by atoms with Crippen molar-refractivity contribution in [2.24, 2.45) is 0 Å². The molecule has 3 heteroatoms. The number of aryl methyl sites for hydroxylation is 2. The summed E-state index contributed by atoms with van der Waals surface area (Å²) in [7, 11) is 0. The van der Waals surface area contributed by atoms with Crippen molar-refractivity contribution in [3.8, 4) is 5.75 Å². The first-order valence-electron chi connectivity index (χ1n) is 5.38. The van der Waals surface area contributed by atoms with Crippen LogP contribution in [-0.4, -0.2) is 16.2 Å². The Balaban J connectivity index is 2.91. The minimum Gasteiger partial charge on any atom is -0.508 e. The molecule has 88 valence electrons. The van der Waals surface area contributed by atoms with Gasteiger partial charge in [0.25, 0.3) is 0 Å². The predicted molar refractivity (Wildman–Crippen MR) is 66.8 cm³/mol. The quantitative estimate of drug-likeness (QED) is 0.791. The second-order valence-corrected chi connectivity index (χ2v) is 4.34. The Morgan fingerprint density at radius 1 is 1.06 bits per heavy atom. The number of carbonyl (C=O) groups is 1. The van der Waals surface area contributed by atoms with Crippen LogP contribution in [-0.2, 0) is 0 Å². The maximum atomic E-state index is 11.1. The lowest BCUT2D eigenvalue weighted by molar-refractivity contribution is 0.0696. The van der Waals surface area contributed by atoms with Gasteiger partial charge in [-0.2, -0.15) is 0 Å². The first-order valence-corrected chi connectivity index (χ1v) is 5.38. The summed E-state index contributed by atoms with van der Waals surface area (Å²) in [5.41, 5.74) is 2.71. The van der Waals surface area contributed by atoms with E-state index < -0.39 is 5.97 Å². The summed E-state index contributed by atoms with van der Waals surface area (Å²) in [6.07, 6.45) is 0.